The summed E-state index contributed by atoms with van der Waals surface area (Å²) in [6.07, 6.45) is 5.80. The minimum Gasteiger partial charge on any atom is -0.390 e. The summed E-state index contributed by atoms with van der Waals surface area (Å²) >= 11 is 0. The lowest BCUT2D eigenvalue weighted by molar-refractivity contribution is 0.138. The third kappa shape index (κ3) is 4.55. The Labute approximate surface area is 119 Å². The van der Waals surface area contributed by atoms with Crippen molar-refractivity contribution in [3.05, 3.63) is 18.5 Å². The second-order valence-electron chi connectivity index (χ2n) is 5.23. The van der Waals surface area contributed by atoms with E-state index in [1.165, 1.54) is 10.6 Å². The van der Waals surface area contributed by atoms with Crippen LogP contribution < -0.4 is 5.32 Å². The summed E-state index contributed by atoms with van der Waals surface area (Å²) in [6.45, 7) is 2.04. The van der Waals surface area contributed by atoms with E-state index in [4.69, 9.17) is 0 Å². The van der Waals surface area contributed by atoms with Gasteiger partial charge in [-0.1, -0.05) is 0 Å². The number of rotatable bonds is 6. The van der Waals surface area contributed by atoms with Gasteiger partial charge < -0.3 is 10.4 Å². The van der Waals surface area contributed by atoms with E-state index < -0.39 is 16.1 Å². The number of aliphatic hydroxyl groups is 1. The maximum Gasteiger partial charge on any atom is 0.211 e. The monoisotopic (exact) mass is 302 g/mol. The molecule has 0 aliphatic carbocycles. The molecule has 1 aliphatic rings. The Balaban J connectivity index is 1.68. The average molecular weight is 302 g/mol. The molecule has 1 aromatic heterocycles. The number of nitrogens with one attached hydrogen (secondary N) is 1. The van der Waals surface area contributed by atoms with Gasteiger partial charge in [-0.25, -0.2) is 12.7 Å². The van der Waals surface area contributed by atoms with Crippen molar-refractivity contribution in [3.63, 3.8) is 0 Å². The molecule has 0 bridgehead atoms. The summed E-state index contributed by atoms with van der Waals surface area (Å²) in [7, 11) is -3.07. The van der Waals surface area contributed by atoms with Crippen LogP contribution in [-0.4, -0.2) is 65.6 Å². The molecule has 2 rings (SSSR count). The molecular weight excluding hydrogens is 280 g/mol. The van der Waals surface area contributed by atoms with Gasteiger partial charge in [0, 0.05) is 38.1 Å². The Morgan fingerprint density at radius 2 is 2.15 bits per heavy atom. The fourth-order valence-electron chi connectivity index (χ4n) is 2.38. The molecule has 114 valence electrons. The molecule has 1 saturated heterocycles. The lowest BCUT2D eigenvalue weighted by Gasteiger charge is -2.31. The summed E-state index contributed by atoms with van der Waals surface area (Å²) < 4.78 is 26.0. The van der Waals surface area contributed by atoms with E-state index in [-0.39, 0.29) is 6.04 Å². The van der Waals surface area contributed by atoms with E-state index in [1.807, 2.05) is 12.3 Å². The minimum absolute atomic E-state index is 0.264. The van der Waals surface area contributed by atoms with Crippen LogP contribution >= 0.6 is 0 Å². The minimum atomic E-state index is -3.07. The van der Waals surface area contributed by atoms with Crippen molar-refractivity contribution in [2.45, 2.75) is 31.5 Å². The molecule has 0 radical (unpaired) electrons. The number of sulfonamides is 1. The van der Waals surface area contributed by atoms with E-state index in [0.29, 0.717) is 26.2 Å². The second-order valence-corrected chi connectivity index (χ2v) is 7.21. The van der Waals surface area contributed by atoms with Crippen molar-refractivity contribution in [1.29, 1.82) is 0 Å². The van der Waals surface area contributed by atoms with Crippen LogP contribution in [0.5, 0.6) is 0 Å². The number of nitrogens with zero attached hydrogens (tertiary/aromatic N) is 3. The van der Waals surface area contributed by atoms with Crippen LogP contribution in [0, 0.1) is 0 Å². The fourth-order valence-corrected chi connectivity index (χ4v) is 3.26. The van der Waals surface area contributed by atoms with Gasteiger partial charge in [0.25, 0.3) is 0 Å². The Morgan fingerprint density at radius 1 is 1.45 bits per heavy atom. The maximum absolute atomic E-state index is 11.4. The van der Waals surface area contributed by atoms with Crippen LogP contribution in [0.2, 0.25) is 0 Å². The zero-order valence-corrected chi connectivity index (χ0v) is 12.5. The molecule has 2 heterocycles. The normalized spacial score (nSPS) is 20.1. The maximum atomic E-state index is 11.4. The first-order chi connectivity index (χ1) is 9.45. The smallest absolute Gasteiger partial charge is 0.211 e. The Kier molecular flexibility index (Phi) is 5.14. The van der Waals surface area contributed by atoms with E-state index >= 15 is 0 Å². The number of piperidine rings is 1. The third-order valence-electron chi connectivity index (χ3n) is 3.52. The molecule has 1 fully saturated rings. The van der Waals surface area contributed by atoms with Crippen LogP contribution in [0.4, 0.5) is 0 Å². The largest absolute Gasteiger partial charge is 0.390 e. The zero-order valence-electron chi connectivity index (χ0n) is 11.6. The highest BCUT2D eigenvalue weighted by Gasteiger charge is 2.24. The summed E-state index contributed by atoms with van der Waals surface area (Å²) in [5, 5.41) is 17.2. The van der Waals surface area contributed by atoms with Crippen molar-refractivity contribution < 1.29 is 13.5 Å². The molecule has 1 aliphatic heterocycles. The highest BCUT2D eigenvalue weighted by Crippen LogP contribution is 2.13. The lowest BCUT2D eigenvalue weighted by Crippen LogP contribution is -2.46. The molecule has 1 unspecified atom stereocenters. The molecule has 20 heavy (non-hydrogen) atoms. The number of aromatic nitrogens is 2. The van der Waals surface area contributed by atoms with Gasteiger partial charge in [-0.3, -0.25) is 4.68 Å². The lowest BCUT2D eigenvalue weighted by atomic mass is 10.1. The first-order valence-electron chi connectivity index (χ1n) is 6.79. The Morgan fingerprint density at radius 3 is 2.70 bits per heavy atom. The molecular formula is C12H22N4O3S. The summed E-state index contributed by atoms with van der Waals surface area (Å²) in [6, 6.07) is 2.08. The molecule has 0 aromatic carbocycles. The first-order valence-corrected chi connectivity index (χ1v) is 8.64. The predicted octanol–water partition coefficient (Wildman–Crippen LogP) is -0.742. The van der Waals surface area contributed by atoms with Crippen molar-refractivity contribution in [3.8, 4) is 0 Å². The van der Waals surface area contributed by atoms with E-state index in [1.54, 1.807) is 10.9 Å². The molecule has 2 N–H and O–H groups in total. The van der Waals surface area contributed by atoms with Gasteiger partial charge >= 0.3 is 0 Å². The number of hydrogen-bond donors (Lipinski definition) is 2. The van der Waals surface area contributed by atoms with E-state index in [9.17, 15) is 13.5 Å². The molecule has 7 nitrogen and oxygen atoms in total. The topological polar surface area (TPSA) is 87.5 Å². The van der Waals surface area contributed by atoms with Gasteiger partial charge in [0.15, 0.2) is 0 Å². The van der Waals surface area contributed by atoms with Gasteiger partial charge in [0.1, 0.15) is 0 Å². The predicted molar refractivity (Wildman–Crippen MR) is 75.7 cm³/mol. The molecule has 1 aromatic rings. The molecule has 8 heteroatoms. The summed E-state index contributed by atoms with van der Waals surface area (Å²) in [5.74, 6) is 0. The SMILES string of the molecule is CS(=O)(=O)N1CCC(NCC(O)Cn2cccn2)CC1. The molecule has 0 spiro atoms. The van der Waals surface area contributed by atoms with Crippen LogP contribution in [-0.2, 0) is 16.6 Å². The van der Waals surface area contributed by atoms with E-state index in [2.05, 4.69) is 10.4 Å². The van der Waals surface area contributed by atoms with Crippen LogP contribution in [0.1, 0.15) is 12.8 Å². The number of hydrogen-bond acceptors (Lipinski definition) is 5. The van der Waals surface area contributed by atoms with Crippen LogP contribution in [0.15, 0.2) is 18.5 Å². The number of aliphatic hydroxyl groups excluding tert-OH is 1. The first kappa shape index (κ1) is 15.4. The Bertz CT molecular complexity index is 495. The van der Waals surface area contributed by atoms with Crippen molar-refractivity contribution in [2.75, 3.05) is 25.9 Å². The molecule has 1 atom stereocenters. The van der Waals surface area contributed by atoms with Crippen LogP contribution in [0.25, 0.3) is 0 Å². The van der Waals surface area contributed by atoms with Gasteiger partial charge in [-0.05, 0) is 18.9 Å². The Hall–Kier alpha value is -0.960. The standard InChI is InChI=1S/C12H22N4O3S/c1-20(18,19)16-7-3-11(4-8-16)13-9-12(17)10-15-6-2-5-14-15/h2,5-6,11-13,17H,3-4,7-10H2,1H3. The highest BCUT2D eigenvalue weighted by atomic mass is 32.2. The molecule has 0 saturated carbocycles. The van der Waals surface area contributed by atoms with Crippen molar-refractivity contribution in [1.82, 2.24) is 19.4 Å². The quantitative estimate of drug-likeness (QED) is 0.722. The zero-order chi connectivity index (χ0) is 14.6. The molecule has 0 amide bonds. The van der Waals surface area contributed by atoms with Gasteiger partial charge in [-0.2, -0.15) is 5.10 Å². The van der Waals surface area contributed by atoms with Gasteiger partial charge in [-0.15, -0.1) is 0 Å². The highest BCUT2D eigenvalue weighted by molar-refractivity contribution is 7.88. The van der Waals surface area contributed by atoms with E-state index in [0.717, 1.165) is 12.8 Å². The fraction of sp³-hybridized carbons (Fsp3) is 0.750. The van der Waals surface area contributed by atoms with Gasteiger partial charge in [0.05, 0.1) is 18.9 Å². The van der Waals surface area contributed by atoms with Crippen molar-refractivity contribution in [2.24, 2.45) is 0 Å². The van der Waals surface area contributed by atoms with Crippen LogP contribution in [0.3, 0.4) is 0 Å². The average Bonchev–Trinajstić information content (AvgIpc) is 2.88. The summed E-state index contributed by atoms with van der Waals surface area (Å²) in [4.78, 5) is 0. The second kappa shape index (κ2) is 6.66. The third-order valence-corrected chi connectivity index (χ3v) is 4.83. The van der Waals surface area contributed by atoms with Crippen molar-refractivity contribution >= 4 is 10.0 Å². The summed E-state index contributed by atoms with van der Waals surface area (Å²) in [5.41, 5.74) is 0. The van der Waals surface area contributed by atoms with Gasteiger partial charge in [0.2, 0.25) is 10.0 Å².